The number of aryl methyl sites for hydroxylation is 1. The summed E-state index contributed by atoms with van der Waals surface area (Å²) >= 11 is 0. The van der Waals surface area contributed by atoms with Crippen molar-refractivity contribution in [3.8, 4) is 11.5 Å². The van der Waals surface area contributed by atoms with Crippen LogP contribution in [0, 0.1) is 5.92 Å². The fourth-order valence-corrected chi connectivity index (χ4v) is 4.45. The summed E-state index contributed by atoms with van der Waals surface area (Å²) in [5.41, 5.74) is 1.82. The smallest absolute Gasteiger partial charge is 0.234 e. The molecule has 4 rings (SSSR count). The SMILES string of the molecule is CCc1cc(N2CCN(CC(=O)NC3CCC(C)CC3)CC2)nc(-c2ccccn2)n1. The summed E-state index contributed by atoms with van der Waals surface area (Å²) in [5, 5.41) is 3.25. The van der Waals surface area contributed by atoms with Crippen molar-refractivity contribution < 1.29 is 4.79 Å². The Labute approximate surface area is 185 Å². The molecule has 7 heteroatoms. The number of hydrogen-bond acceptors (Lipinski definition) is 6. The number of anilines is 1. The molecule has 1 aliphatic heterocycles. The average Bonchev–Trinajstić information content (AvgIpc) is 2.81. The molecule has 0 aromatic carbocycles. The molecule has 0 spiro atoms. The van der Waals surface area contributed by atoms with E-state index in [-0.39, 0.29) is 5.91 Å². The summed E-state index contributed by atoms with van der Waals surface area (Å²) in [6, 6.07) is 8.25. The summed E-state index contributed by atoms with van der Waals surface area (Å²) in [7, 11) is 0. The Morgan fingerprint density at radius 3 is 2.55 bits per heavy atom. The van der Waals surface area contributed by atoms with Crippen LogP contribution in [0.1, 0.15) is 45.2 Å². The Kier molecular flexibility index (Phi) is 7.12. The second kappa shape index (κ2) is 10.2. The first-order valence-electron chi connectivity index (χ1n) is 11.7. The number of piperazine rings is 1. The van der Waals surface area contributed by atoms with Crippen molar-refractivity contribution in [3.63, 3.8) is 0 Å². The van der Waals surface area contributed by atoms with Gasteiger partial charge in [0.25, 0.3) is 0 Å². The molecule has 1 aliphatic carbocycles. The minimum atomic E-state index is 0.167. The average molecular weight is 423 g/mol. The van der Waals surface area contributed by atoms with Crippen LogP contribution in [0.3, 0.4) is 0 Å². The summed E-state index contributed by atoms with van der Waals surface area (Å²) < 4.78 is 0. The van der Waals surface area contributed by atoms with Gasteiger partial charge in [-0.05, 0) is 50.2 Å². The van der Waals surface area contributed by atoms with Crippen molar-refractivity contribution in [2.45, 2.75) is 52.0 Å². The molecule has 1 saturated heterocycles. The van der Waals surface area contributed by atoms with Gasteiger partial charge in [-0.3, -0.25) is 14.7 Å². The first-order valence-corrected chi connectivity index (χ1v) is 11.7. The predicted octanol–water partition coefficient (Wildman–Crippen LogP) is 2.92. The number of aromatic nitrogens is 3. The van der Waals surface area contributed by atoms with Crippen molar-refractivity contribution in [1.29, 1.82) is 0 Å². The van der Waals surface area contributed by atoms with Gasteiger partial charge in [-0.2, -0.15) is 0 Å². The summed E-state index contributed by atoms with van der Waals surface area (Å²) in [4.78, 5) is 30.9. The summed E-state index contributed by atoms with van der Waals surface area (Å²) in [6.07, 6.45) is 7.31. The second-order valence-electron chi connectivity index (χ2n) is 8.90. The van der Waals surface area contributed by atoms with Gasteiger partial charge in [-0.1, -0.05) is 19.9 Å². The van der Waals surface area contributed by atoms with Crippen LogP contribution in [0.15, 0.2) is 30.5 Å². The van der Waals surface area contributed by atoms with Crippen LogP contribution < -0.4 is 10.2 Å². The molecule has 2 aromatic heterocycles. The molecule has 1 amide bonds. The topological polar surface area (TPSA) is 74.2 Å². The van der Waals surface area contributed by atoms with Crippen LogP contribution in [-0.2, 0) is 11.2 Å². The Bertz CT molecular complexity index is 858. The van der Waals surface area contributed by atoms with Crippen molar-refractivity contribution in [2.75, 3.05) is 37.6 Å². The molecule has 2 aliphatic rings. The van der Waals surface area contributed by atoms with E-state index in [1.54, 1.807) is 6.20 Å². The van der Waals surface area contributed by atoms with E-state index in [2.05, 4.69) is 45.0 Å². The number of carbonyl (C=O) groups is 1. The van der Waals surface area contributed by atoms with E-state index in [1.807, 2.05) is 18.2 Å². The lowest BCUT2D eigenvalue weighted by atomic mass is 9.87. The fourth-order valence-electron chi connectivity index (χ4n) is 4.45. The summed E-state index contributed by atoms with van der Waals surface area (Å²) in [6.45, 7) is 8.34. The zero-order valence-corrected chi connectivity index (χ0v) is 18.8. The van der Waals surface area contributed by atoms with E-state index in [9.17, 15) is 4.79 Å². The minimum Gasteiger partial charge on any atom is -0.354 e. The van der Waals surface area contributed by atoms with Crippen molar-refractivity contribution in [2.24, 2.45) is 5.92 Å². The Hall–Kier alpha value is -2.54. The zero-order valence-electron chi connectivity index (χ0n) is 18.8. The highest BCUT2D eigenvalue weighted by Crippen LogP contribution is 2.23. The third-order valence-electron chi connectivity index (χ3n) is 6.47. The van der Waals surface area contributed by atoms with Gasteiger partial charge < -0.3 is 10.2 Å². The second-order valence-corrected chi connectivity index (χ2v) is 8.90. The van der Waals surface area contributed by atoms with Gasteiger partial charge in [0, 0.05) is 50.2 Å². The van der Waals surface area contributed by atoms with Gasteiger partial charge >= 0.3 is 0 Å². The Morgan fingerprint density at radius 1 is 1.10 bits per heavy atom. The third kappa shape index (κ3) is 5.79. The first kappa shape index (κ1) is 21.7. The monoisotopic (exact) mass is 422 g/mol. The highest BCUT2D eigenvalue weighted by molar-refractivity contribution is 5.78. The molecule has 0 unspecified atom stereocenters. The van der Waals surface area contributed by atoms with E-state index < -0.39 is 0 Å². The van der Waals surface area contributed by atoms with Crippen LogP contribution >= 0.6 is 0 Å². The number of pyridine rings is 1. The zero-order chi connectivity index (χ0) is 21.6. The van der Waals surface area contributed by atoms with Crippen LogP contribution in [0.25, 0.3) is 11.5 Å². The van der Waals surface area contributed by atoms with Gasteiger partial charge in [-0.25, -0.2) is 9.97 Å². The van der Waals surface area contributed by atoms with Gasteiger partial charge in [0.05, 0.1) is 6.54 Å². The van der Waals surface area contributed by atoms with E-state index >= 15 is 0 Å². The molecule has 166 valence electrons. The lowest BCUT2D eigenvalue weighted by molar-refractivity contribution is -0.123. The standard InChI is InChI=1S/C24H34N6O/c1-3-19-16-22(28-24(27-19)21-6-4-5-11-25-21)30-14-12-29(13-15-30)17-23(31)26-20-9-7-18(2)8-10-20/h4-6,11,16,18,20H,3,7-10,12-15,17H2,1-2H3,(H,26,31). The highest BCUT2D eigenvalue weighted by Gasteiger charge is 2.24. The molecule has 0 radical (unpaired) electrons. The maximum absolute atomic E-state index is 12.5. The van der Waals surface area contributed by atoms with E-state index in [1.165, 1.54) is 12.8 Å². The number of amides is 1. The normalized spacial score (nSPS) is 22.3. The lowest BCUT2D eigenvalue weighted by Crippen LogP contribution is -2.51. The first-order chi connectivity index (χ1) is 15.1. The highest BCUT2D eigenvalue weighted by atomic mass is 16.2. The van der Waals surface area contributed by atoms with E-state index in [0.717, 1.165) is 68.6 Å². The van der Waals surface area contributed by atoms with Gasteiger partial charge in [-0.15, -0.1) is 0 Å². The summed E-state index contributed by atoms with van der Waals surface area (Å²) in [5.74, 6) is 2.60. The third-order valence-corrected chi connectivity index (χ3v) is 6.47. The molecular formula is C24H34N6O. The van der Waals surface area contributed by atoms with Gasteiger partial charge in [0.2, 0.25) is 5.91 Å². The molecule has 0 atom stereocenters. The van der Waals surface area contributed by atoms with Gasteiger partial charge in [0.15, 0.2) is 5.82 Å². The van der Waals surface area contributed by atoms with Crippen molar-refractivity contribution in [3.05, 3.63) is 36.2 Å². The van der Waals surface area contributed by atoms with Crippen LogP contribution in [0.4, 0.5) is 5.82 Å². The number of carbonyl (C=O) groups excluding carboxylic acids is 1. The number of nitrogens with one attached hydrogen (secondary N) is 1. The minimum absolute atomic E-state index is 0.167. The quantitative estimate of drug-likeness (QED) is 0.772. The molecule has 7 nitrogen and oxygen atoms in total. The van der Waals surface area contributed by atoms with Crippen LogP contribution in [0.5, 0.6) is 0 Å². The molecule has 1 N–H and O–H groups in total. The number of hydrogen-bond donors (Lipinski definition) is 1. The van der Waals surface area contributed by atoms with Gasteiger partial charge in [0.1, 0.15) is 11.5 Å². The molecule has 31 heavy (non-hydrogen) atoms. The fraction of sp³-hybridized carbons (Fsp3) is 0.583. The molecule has 2 aromatic rings. The molecule has 1 saturated carbocycles. The molecule has 3 heterocycles. The molecule has 0 bridgehead atoms. The van der Waals surface area contributed by atoms with E-state index in [0.29, 0.717) is 18.4 Å². The number of nitrogens with zero attached hydrogens (tertiary/aromatic N) is 5. The Balaban J connectivity index is 1.33. The maximum Gasteiger partial charge on any atom is 0.234 e. The van der Waals surface area contributed by atoms with Crippen molar-refractivity contribution in [1.82, 2.24) is 25.2 Å². The maximum atomic E-state index is 12.5. The number of rotatable bonds is 6. The molecular weight excluding hydrogens is 388 g/mol. The molecule has 2 fully saturated rings. The van der Waals surface area contributed by atoms with E-state index in [4.69, 9.17) is 4.98 Å². The van der Waals surface area contributed by atoms with Crippen molar-refractivity contribution >= 4 is 11.7 Å². The lowest BCUT2D eigenvalue weighted by Gasteiger charge is -2.35. The largest absolute Gasteiger partial charge is 0.354 e. The Morgan fingerprint density at radius 2 is 1.87 bits per heavy atom. The van der Waals surface area contributed by atoms with Crippen LogP contribution in [-0.4, -0.2) is 64.5 Å². The predicted molar refractivity (Wildman–Crippen MR) is 123 cm³/mol. The van der Waals surface area contributed by atoms with Crippen LogP contribution in [0.2, 0.25) is 0 Å².